The molecule has 3 N–H and O–H groups in total. The second kappa shape index (κ2) is 9.91. The second-order valence-corrected chi connectivity index (χ2v) is 6.62. The molecule has 1 aliphatic carbocycles. The van der Waals surface area contributed by atoms with Crippen molar-refractivity contribution < 1.29 is 24.2 Å². The van der Waals surface area contributed by atoms with E-state index in [9.17, 15) is 14.4 Å². The molecule has 27 heavy (non-hydrogen) atoms. The topological polar surface area (TPSA) is 108 Å². The molecule has 0 bridgehead atoms. The van der Waals surface area contributed by atoms with E-state index in [1.165, 1.54) is 7.11 Å². The highest BCUT2D eigenvalue weighted by Gasteiger charge is 2.34. The summed E-state index contributed by atoms with van der Waals surface area (Å²) in [5.41, 5.74) is 1.51. The van der Waals surface area contributed by atoms with Crippen molar-refractivity contribution >= 4 is 18.0 Å². The zero-order valence-corrected chi connectivity index (χ0v) is 15.7. The molecule has 1 aromatic carbocycles. The molecule has 1 fully saturated rings. The van der Waals surface area contributed by atoms with Gasteiger partial charge in [0.25, 0.3) is 0 Å². The van der Waals surface area contributed by atoms with Crippen LogP contribution in [0.1, 0.15) is 35.7 Å². The van der Waals surface area contributed by atoms with E-state index in [0.717, 1.165) is 18.4 Å². The van der Waals surface area contributed by atoms with Gasteiger partial charge in [-0.05, 0) is 43.5 Å². The van der Waals surface area contributed by atoms with Gasteiger partial charge in [0.05, 0.1) is 19.2 Å². The Morgan fingerprint density at radius 3 is 2.44 bits per heavy atom. The summed E-state index contributed by atoms with van der Waals surface area (Å²) in [5.74, 6) is -1.20. The number of urea groups is 1. The number of hydrogen-bond acceptors (Lipinski definition) is 5. The summed E-state index contributed by atoms with van der Waals surface area (Å²) in [6.07, 6.45) is 2.19. The third-order valence-corrected chi connectivity index (χ3v) is 4.78. The van der Waals surface area contributed by atoms with E-state index in [2.05, 4.69) is 15.4 Å². The molecule has 1 saturated carbocycles. The number of carboxylic acids is 1. The zero-order valence-electron chi connectivity index (χ0n) is 15.7. The average Bonchev–Trinajstić information content (AvgIpc) is 2.62. The number of benzene rings is 1. The third-order valence-electron chi connectivity index (χ3n) is 4.78. The molecule has 0 aromatic heterocycles. The fraction of sp³-hybridized carbons (Fsp3) is 0.526. The lowest BCUT2D eigenvalue weighted by atomic mass is 9.85. The Hall–Kier alpha value is -2.61. The molecule has 1 aromatic rings. The predicted octanol–water partition coefficient (Wildman–Crippen LogP) is 1.25. The van der Waals surface area contributed by atoms with Gasteiger partial charge in [0.2, 0.25) is 0 Å². The molecule has 8 nitrogen and oxygen atoms in total. The van der Waals surface area contributed by atoms with Crippen LogP contribution < -0.4 is 10.6 Å². The number of methoxy groups -OCH3 is 1. The maximum Gasteiger partial charge on any atom is 0.337 e. The number of hydrogen-bond donors (Lipinski definition) is 3. The number of carboxylic acid groups (broad SMARTS) is 1. The number of carbonyl (C=O) groups is 3. The lowest BCUT2D eigenvalue weighted by Crippen LogP contribution is -2.56. The maximum absolute atomic E-state index is 12.0. The molecule has 0 heterocycles. The van der Waals surface area contributed by atoms with Crippen molar-refractivity contribution in [3.8, 4) is 0 Å². The van der Waals surface area contributed by atoms with Gasteiger partial charge in [0.15, 0.2) is 0 Å². The molecular weight excluding hydrogens is 350 g/mol. The van der Waals surface area contributed by atoms with Crippen molar-refractivity contribution in [3.05, 3.63) is 35.4 Å². The van der Waals surface area contributed by atoms with Crippen molar-refractivity contribution in [3.63, 3.8) is 0 Å². The number of rotatable bonds is 9. The van der Waals surface area contributed by atoms with Crippen molar-refractivity contribution in [2.24, 2.45) is 0 Å². The highest BCUT2D eigenvalue weighted by atomic mass is 16.5. The number of ether oxygens (including phenoxy) is 1. The standard InChI is InChI=1S/C19H27N3O5/c1-3-22(12-17(23)24)16-10-15(11-16)21-19(26)20-9-8-13-4-6-14(7-5-13)18(25)27-2/h4-7,15-16H,3,8-12H2,1-2H3,(H,23,24)(H2,20,21,26). The molecule has 0 unspecified atom stereocenters. The number of aliphatic carboxylic acids is 1. The Bertz CT molecular complexity index is 656. The van der Waals surface area contributed by atoms with Gasteiger partial charge in [-0.25, -0.2) is 9.59 Å². The minimum Gasteiger partial charge on any atom is -0.480 e. The molecule has 0 aliphatic heterocycles. The van der Waals surface area contributed by atoms with E-state index < -0.39 is 5.97 Å². The highest BCUT2D eigenvalue weighted by molar-refractivity contribution is 5.89. The second-order valence-electron chi connectivity index (χ2n) is 6.62. The zero-order chi connectivity index (χ0) is 19.8. The molecule has 0 spiro atoms. The molecule has 148 valence electrons. The number of carbonyl (C=O) groups excluding carboxylic acids is 2. The first kappa shape index (κ1) is 20.7. The normalized spacial score (nSPS) is 18.5. The number of esters is 1. The first-order valence-electron chi connectivity index (χ1n) is 9.10. The summed E-state index contributed by atoms with van der Waals surface area (Å²) in [6, 6.07) is 7.15. The van der Waals surface area contributed by atoms with Crippen LogP contribution in [0.25, 0.3) is 0 Å². The van der Waals surface area contributed by atoms with Crippen LogP contribution in [0.15, 0.2) is 24.3 Å². The largest absolute Gasteiger partial charge is 0.480 e. The van der Waals surface area contributed by atoms with Crippen molar-refractivity contribution in [2.75, 3.05) is 26.7 Å². The lowest BCUT2D eigenvalue weighted by molar-refractivity contribution is -0.139. The monoisotopic (exact) mass is 377 g/mol. The summed E-state index contributed by atoms with van der Waals surface area (Å²) in [7, 11) is 1.34. The van der Waals surface area contributed by atoms with Gasteiger partial charge in [-0.2, -0.15) is 0 Å². The van der Waals surface area contributed by atoms with Crippen molar-refractivity contribution in [1.29, 1.82) is 0 Å². The van der Waals surface area contributed by atoms with Gasteiger partial charge in [0.1, 0.15) is 0 Å². The van der Waals surface area contributed by atoms with Crippen LogP contribution in [0.5, 0.6) is 0 Å². The van der Waals surface area contributed by atoms with E-state index in [4.69, 9.17) is 5.11 Å². The molecule has 0 saturated heterocycles. The molecule has 1 aliphatic rings. The molecule has 2 amide bonds. The SMILES string of the molecule is CCN(CC(=O)O)C1CC(NC(=O)NCCc2ccc(C(=O)OC)cc2)C1. The van der Waals surface area contributed by atoms with Gasteiger partial charge in [-0.1, -0.05) is 19.1 Å². The molecule has 0 atom stereocenters. The van der Waals surface area contributed by atoms with Crippen LogP contribution in [-0.2, 0) is 16.0 Å². The van der Waals surface area contributed by atoms with Gasteiger partial charge in [-0.15, -0.1) is 0 Å². The van der Waals surface area contributed by atoms with Gasteiger partial charge >= 0.3 is 18.0 Å². The Morgan fingerprint density at radius 2 is 1.89 bits per heavy atom. The van der Waals surface area contributed by atoms with Crippen molar-refractivity contribution in [1.82, 2.24) is 15.5 Å². The minimum absolute atomic E-state index is 0.0366. The number of amides is 2. The molecular formula is C19H27N3O5. The summed E-state index contributed by atoms with van der Waals surface area (Å²) in [5, 5.41) is 14.6. The maximum atomic E-state index is 12.0. The van der Waals surface area contributed by atoms with Crippen molar-refractivity contribution in [2.45, 2.75) is 38.3 Å². The smallest absolute Gasteiger partial charge is 0.337 e. The van der Waals surface area contributed by atoms with E-state index in [0.29, 0.717) is 25.1 Å². The molecule has 0 radical (unpaired) electrons. The molecule has 8 heteroatoms. The summed E-state index contributed by atoms with van der Waals surface area (Å²) in [6.45, 7) is 3.15. The lowest BCUT2D eigenvalue weighted by Gasteiger charge is -2.42. The summed E-state index contributed by atoms with van der Waals surface area (Å²) >= 11 is 0. The van der Waals surface area contributed by atoms with E-state index in [1.54, 1.807) is 12.1 Å². The van der Waals surface area contributed by atoms with Gasteiger partial charge in [0, 0.05) is 18.6 Å². The Kier molecular flexibility index (Phi) is 7.60. The van der Waals surface area contributed by atoms with E-state index in [1.807, 2.05) is 24.0 Å². The van der Waals surface area contributed by atoms with Crippen LogP contribution in [0.2, 0.25) is 0 Å². The fourth-order valence-corrected chi connectivity index (χ4v) is 3.16. The first-order valence-corrected chi connectivity index (χ1v) is 9.10. The van der Waals surface area contributed by atoms with E-state index in [-0.39, 0.29) is 30.6 Å². The summed E-state index contributed by atoms with van der Waals surface area (Å²) < 4.78 is 4.65. The number of likely N-dealkylation sites (N-methyl/N-ethyl adjacent to an activating group) is 1. The van der Waals surface area contributed by atoms with Gasteiger partial charge < -0.3 is 20.5 Å². The van der Waals surface area contributed by atoms with E-state index >= 15 is 0 Å². The fourth-order valence-electron chi connectivity index (χ4n) is 3.16. The minimum atomic E-state index is -0.828. The first-order chi connectivity index (χ1) is 12.9. The Labute approximate surface area is 158 Å². The average molecular weight is 377 g/mol. The van der Waals surface area contributed by atoms with Crippen LogP contribution >= 0.6 is 0 Å². The third kappa shape index (κ3) is 6.25. The number of nitrogens with one attached hydrogen (secondary N) is 2. The highest BCUT2D eigenvalue weighted by Crippen LogP contribution is 2.25. The molecule has 2 rings (SSSR count). The number of nitrogens with zero attached hydrogens (tertiary/aromatic N) is 1. The Morgan fingerprint density at radius 1 is 1.22 bits per heavy atom. The quantitative estimate of drug-likeness (QED) is 0.559. The van der Waals surface area contributed by atoms with Crippen LogP contribution in [0, 0.1) is 0 Å². The van der Waals surface area contributed by atoms with Crippen LogP contribution in [0.3, 0.4) is 0 Å². The predicted molar refractivity (Wildman–Crippen MR) is 99.7 cm³/mol. The van der Waals surface area contributed by atoms with Crippen LogP contribution in [0.4, 0.5) is 4.79 Å². The van der Waals surface area contributed by atoms with Gasteiger partial charge in [-0.3, -0.25) is 9.69 Å². The van der Waals surface area contributed by atoms with Crippen LogP contribution in [-0.4, -0.2) is 66.8 Å². The Balaban J connectivity index is 1.64. The summed E-state index contributed by atoms with van der Waals surface area (Å²) in [4.78, 5) is 36.1.